The largest absolute Gasteiger partial charge is 0.455 e. The van der Waals surface area contributed by atoms with E-state index in [1.807, 2.05) is 0 Å². The van der Waals surface area contributed by atoms with Crippen molar-refractivity contribution in [2.24, 2.45) is 0 Å². The van der Waals surface area contributed by atoms with E-state index in [2.05, 4.69) is 158 Å². The summed E-state index contributed by atoms with van der Waals surface area (Å²) in [5.74, 6) is 0. The molecule has 43 heavy (non-hydrogen) atoms. The maximum atomic E-state index is 6.83. The van der Waals surface area contributed by atoms with E-state index in [0.717, 1.165) is 33.1 Å². The molecule has 0 radical (unpaired) electrons. The number of hydrogen-bond acceptors (Lipinski definition) is 1. The van der Waals surface area contributed by atoms with Gasteiger partial charge in [0.1, 0.15) is 11.2 Å². The van der Waals surface area contributed by atoms with Crippen molar-refractivity contribution in [2.75, 3.05) is 0 Å². The van der Waals surface area contributed by atoms with E-state index < -0.39 is 0 Å². The van der Waals surface area contributed by atoms with Gasteiger partial charge in [0.25, 0.3) is 0 Å². The summed E-state index contributed by atoms with van der Waals surface area (Å²) in [5.41, 5.74) is 9.08. The van der Waals surface area contributed by atoms with Crippen LogP contribution in [0.4, 0.5) is 0 Å². The standard InChI is InChI=1S/C42H26O/c1-3-14-27(15-4-1)38-31-20-9-11-22-33(31)40(34-23-12-10-21-32(34)38)35-24-13-25-37-41(35)36-26-29-18-7-8-19-30(29)39(42(36)43-37)28-16-5-2-6-17-28/h1-26H. The lowest BCUT2D eigenvalue weighted by atomic mass is 9.84. The van der Waals surface area contributed by atoms with Gasteiger partial charge in [-0.3, -0.25) is 0 Å². The van der Waals surface area contributed by atoms with E-state index in [0.29, 0.717) is 0 Å². The van der Waals surface area contributed by atoms with Crippen molar-refractivity contribution in [2.45, 2.75) is 0 Å². The quantitative estimate of drug-likeness (QED) is 0.201. The van der Waals surface area contributed by atoms with Crippen LogP contribution in [0, 0.1) is 0 Å². The van der Waals surface area contributed by atoms with Gasteiger partial charge in [0, 0.05) is 16.3 Å². The van der Waals surface area contributed by atoms with Gasteiger partial charge in [-0.05, 0) is 72.3 Å². The Morgan fingerprint density at radius 2 is 0.860 bits per heavy atom. The van der Waals surface area contributed by atoms with E-state index in [-0.39, 0.29) is 0 Å². The lowest BCUT2D eigenvalue weighted by molar-refractivity contribution is 0.670. The van der Waals surface area contributed by atoms with Gasteiger partial charge in [-0.15, -0.1) is 0 Å². The second-order valence-corrected chi connectivity index (χ2v) is 11.2. The molecule has 0 saturated heterocycles. The lowest BCUT2D eigenvalue weighted by Crippen LogP contribution is -1.91. The zero-order valence-corrected chi connectivity index (χ0v) is 23.4. The Bertz CT molecular complexity index is 2430. The van der Waals surface area contributed by atoms with Crippen molar-refractivity contribution in [1.29, 1.82) is 0 Å². The maximum absolute atomic E-state index is 6.83. The first kappa shape index (κ1) is 24.0. The predicted octanol–water partition coefficient (Wildman–Crippen LogP) is 12.0. The van der Waals surface area contributed by atoms with Gasteiger partial charge in [-0.2, -0.15) is 0 Å². The molecule has 8 aromatic carbocycles. The normalized spacial score (nSPS) is 11.7. The summed E-state index contributed by atoms with van der Waals surface area (Å²) < 4.78 is 6.83. The molecule has 0 unspecified atom stereocenters. The van der Waals surface area contributed by atoms with Crippen LogP contribution in [-0.2, 0) is 0 Å². The topological polar surface area (TPSA) is 13.1 Å². The van der Waals surface area contributed by atoms with Crippen molar-refractivity contribution < 1.29 is 4.42 Å². The van der Waals surface area contributed by atoms with E-state index in [9.17, 15) is 0 Å². The SMILES string of the molecule is c1ccc(-c2c3ccccc3c(-c3cccc4oc5c(-c6ccccc6)c6ccccc6cc5c34)c3ccccc23)cc1. The van der Waals surface area contributed by atoms with Crippen molar-refractivity contribution in [3.63, 3.8) is 0 Å². The second kappa shape index (κ2) is 9.44. The number of benzene rings is 8. The third kappa shape index (κ3) is 3.58. The molecule has 9 rings (SSSR count). The van der Waals surface area contributed by atoms with Crippen LogP contribution >= 0.6 is 0 Å². The van der Waals surface area contributed by atoms with Crippen LogP contribution in [0.15, 0.2) is 162 Å². The Labute approximate surface area is 249 Å². The molecule has 9 aromatic rings. The number of rotatable bonds is 3. The molecule has 0 atom stereocenters. The Hall–Kier alpha value is -5.66. The first-order chi connectivity index (χ1) is 21.4. The van der Waals surface area contributed by atoms with Crippen molar-refractivity contribution in [3.8, 4) is 33.4 Å². The maximum Gasteiger partial charge on any atom is 0.143 e. The van der Waals surface area contributed by atoms with E-state index in [4.69, 9.17) is 4.42 Å². The van der Waals surface area contributed by atoms with Gasteiger partial charge >= 0.3 is 0 Å². The van der Waals surface area contributed by atoms with E-state index in [1.54, 1.807) is 0 Å². The van der Waals surface area contributed by atoms with Gasteiger partial charge in [0.05, 0.1) is 0 Å². The van der Waals surface area contributed by atoms with Crippen LogP contribution in [0.2, 0.25) is 0 Å². The van der Waals surface area contributed by atoms with E-state index >= 15 is 0 Å². The van der Waals surface area contributed by atoms with Crippen LogP contribution in [0.5, 0.6) is 0 Å². The molecule has 0 fully saturated rings. The molecule has 1 heteroatoms. The van der Waals surface area contributed by atoms with Gasteiger partial charge in [0.2, 0.25) is 0 Å². The molecule has 200 valence electrons. The summed E-state index contributed by atoms with van der Waals surface area (Å²) in [7, 11) is 0. The van der Waals surface area contributed by atoms with Gasteiger partial charge in [0.15, 0.2) is 0 Å². The molecular weight excluding hydrogens is 520 g/mol. The monoisotopic (exact) mass is 546 g/mol. The Balaban J connectivity index is 1.46. The highest BCUT2D eigenvalue weighted by molar-refractivity contribution is 6.27. The fraction of sp³-hybridized carbons (Fsp3) is 0. The molecule has 0 saturated carbocycles. The van der Waals surface area contributed by atoms with Crippen LogP contribution in [0.1, 0.15) is 0 Å². The highest BCUT2D eigenvalue weighted by Gasteiger charge is 2.22. The van der Waals surface area contributed by atoms with Crippen LogP contribution in [-0.4, -0.2) is 0 Å². The molecule has 1 aromatic heterocycles. The number of furan rings is 1. The summed E-state index contributed by atoms with van der Waals surface area (Å²) >= 11 is 0. The molecule has 0 aliphatic rings. The smallest absolute Gasteiger partial charge is 0.143 e. The van der Waals surface area contributed by atoms with Crippen LogP contribution < -0.4 is 0 Å². The van der Waals surface area contributed by atoms with Crippen molar-refractivity contribution in [3.05, 3.63) is 158 Å². The molecule has 0 spiro atoms. The molecule has 0 N–H and O–H groups in total. The predicted molar refractivity (Wildman–Crippen MR) is 183 cm³/mol. The molecule has 0 aliphatic carbocycles. The van der Waals surface area contributed by atoms with Gasteiger partial charge in [-0.1, -0.05) is 146 Å². The summed E-state index contributed by atoms with van der Waals surface area (Å²) in [4.78, 5) is 0. The summed E-state index contributed by atoms with van der Waals surface area (Å²) in [6.45, 7) is 0. The zero-order chi connectivity index (χ0) is 28.3. The third-order valence-electron chi connectivity index (χ3n) is 8.83. The number of hydrogen-bond donors (Lipinski definition) is 0. The highest BCUT2D eigenvalue weighted by Crippen LogP contribution is 2.48. The molecule has 0 bridgehead atoms. The van der Waals surface area contributed by atoms with Crippen LogP contribution in [0.3, 0.4) is 0 Å². The summed E-state index contributed by atoms with van der Waals surface area (Å²) in [6.07, 6.45) is 0. The Kier molecular flexibility index (Phi) is 5.27. The molecular formula is C42H26O. The molecule has 1 heterocycles. The lowest BCUT2D eigenvalue weighted by Gasteiger charge is -2.18. The summed E-state index contributed by atoms with van der Waals surface area (Å²) in [6, 6.07) is 56.6. The first-order valence-corrected chi connectivity index (χ1v) is 14.8. The Morgan fingerprint density at radius 3 is 1.49 bits per heavy atom. The fourth-order valence-corrected chi connectivity index (χ4v) is 7.06. The van der Waals surface area contributed by atoms with Gasteiger partial charge in [-0.25, -0.2) is 0 Å². The number of fused-ring (bicyclic) bond motifs is 6. The average Bonchev–Trinajstić information content (AvgIpc) is 3.45. The summed E-state index contributed by atoms with van der Waals surface area (Å²) in [5, 5.41) is 9.69. The average molecular weight is 547 g/mol. The molecule has 0 aliphatic heterocycles. The minimum atomic E-state index is 0.903. The van der Waals surface area contributed by atoms with Gasteiger partial charge < -0.3 is 4.42 Å². The molecule has 1 nitrogen and oxygen atoms in total. The van der Waals surface area contributed by atoms with Crippen molar-refractivity contribution in [1.82, 2.24) is 0 Å². The Morgan fingerprint density at radius 1 is 0.349 bits per heavy atom. The minimum Gasteiger partial charge on any atom is -0.455 e. The van der Waals surface area contributed by atoms with Crippen LogP contribution in [0.25, 0.3) is 87.6 Å². The first-order valence-electron chi connectivity index (χ1n) is 14.8. The third-order valence-corrected chi connectivity index (χ3v) is 8.83. The van der Waals surface area contributed by atoms with E-state index in [1.165, 1.54) is 54.6 Å². The highest BCUT2D eigenvalue weighted by atomic mass is 16.3. The van der Waals surface area contributed by atoms with Crippen molar-refractivity contribution >= 4 is 54.3 Å². The second-order valence-electron chi connectivity index (χ2n) is 11.2. The minimum absolute atomic E-state index is 0.903. The zero-order valence-electron chi connectivity index (χ0n) is 23.4. The molecule has 0 amide bonds. The fourth-order valence-electron chi connectivity index (χ4n) is 7.06.